The molecule has 310 valence electrons. The van der Waals surface area contributed by atoms with Gasteiger partial charge in [-0.15, -0.1) is 0 Å². The first-order valence-electron chi connectivity index (χ1n) is 23.2. The average Bonchev–Trinajstić information content (AvgIpc) is 3.91. The zero-order valence-electron chi connectivity index (χ0n) is 37.7. The standard InChI is InChI=1S/C58H53BN2O2/c1-55(2,3)35-24-27-45(40(30-35)34-18-10-9-11-19-34)60-46-33-41-38-21-13-15-23-48(38)62-53(41)49-42-31-36(56(4,5)6)32-43-51(42)61(58(8)29-17-16-28-57(43,58)7)59(50(46)49)44-26-25-39-37-20-12-14-22-47(37)63-54(39)52(44)60/h9-15,18-27,30-33H,16-17,28-29H2,1-8H3. The summed E-state index contributed by atoms with van der Waals surface area (Å²) in [5.41, 5.74) is 20.1. The quantitative estimate of drug-likeness (QED) is 0.163. The van der Waals surface area contributed by atoms with E-state index in [-0.39, 0.29) is 28.6 Å². The second kappa shape index (κ2) is 12.3. The van der Waals surface area contributed by atoms with Crippen LogP contribution in [0.15, 0.2) is 136 Å². The van der Waals surface area contributed by atoms with Gasteiger partial charge in [-0.25, -0.2) is 0 Å². The van der Waals surface area contributed by atoms with Crippen molar-refractivity contribution in [3.8, 4) is 22.3 Å². The van der Waals surface area contributed by atoms with Crippen molar-refractivity contribution in [3.05, 3.63) is 144 Å². The number of benzene rings is 7. The SMILES string of the molecule is CC(C)(C)c1ccc(N2c3cc4c(oc5ccccc54)c4c3B(c3ccc5c(oc6ccccc65)c32)N2c3c-4cc(C(C)(C)C)cc3C3(C)CCCCC23C)c(-c2ccccc2)c1. The molecule has 13 rings (SSSR count). The van der Waals surface area contributed by atoms with Crippen LogP contribution in [0, 0.1) is 0 Å². The fourth-order valence-corrected chi connectivity index (χ4v) is 12.6. The van der Waals surface area contributed by atoms with E-state index in [4.69, 9.17) is 8.83 Å². The van der Waals surface area contributed by atoms with Gasteiger partial charge >= 0.3 is 6.85 Å². The van der Waals surface area contributed by atoms with Crippen molar-refractivity contribution in [3.63, 3.8) is 0 Å². The Kier molecular flexibility index (Phi) is 7.29. The minimum Gasteiger partial charge on any atom is -0.455 e. The van der Waals surface area contributed by atoms with Crippen molar-refractivity contribution in [2.45, 2.75) is 103 Å². The first-order chi connectivity index (χ1) is 30.3. The van der Waals surface area contributed by atoms with E-state index in [1.165, 1.54) is 74.1 Å². The van der Waals surface area contributed by atoms with Crippen LogP contribution < -0.4 is 20.6 Å². The van der Waals surface area contributed by atoms with Crippen molar-refractivity contribution >= 4 is 84.4 Å². The van der Waals surface area contributed by atoms with E-state index in [0.717, 1.165) is 68.1 Å². The first-order valence-corrected chi connectivity index (χ1v) is 23.2. The van der Waals surface area contributed by atoms with Crippen LogP contribution in [0.4, 0.5) is 22.7 Å². The number of rotatable bonds is 2. The van der Waals surface area contributed by atoms with Gasteiger partial charge in [0.2, 0.25) is 0 Å². The summed E-state index contributed by atoms with van der Waals surface area (Å²) in [6.45, 7) is 19.2. The van der Waals surface area contributed by atoms with E-state index >= 15 is 0 Å². The Morgan fingerprint density at radius 3 is 1.94 bits per heavy atom. The van der Waals surface area contributed by atoms with Gasteiger partial charge in [-0.1, -0.05) is 152 Å². The maximum atomic E-state index is 7.20. The lowest BCUT2D eigenvalue weighted by atomic mass is 9.42. The molecule has 2 unspecified atom stereocenters. The lowest BCUT2D eigenvalue weighted by Gasteiger charge is -2.55. The zero-order valence-corrected chi connectivity index (χ0v) is 37.7. The van der Waals surface area contributed by atoms with Crippen LogP contribution in [-0.2, 0) is 16.2 Å². The zero-order chi connectivity index (χ0) is 42.9. The highest BCUT2D eigenvalue weighted by molar-refractivity contribution is 6.93. The molecule has 0 amide bonds. The van der Waals surface area contributed by atoms with Crippen molar-refractivity contribution in [1.29, 1.82) is 0 Å². The molecule has 4 aliphatic rings. The van der Waals surface area contributed by atoms with Crippen LogP contribution in [-0.4, -0.2) is 12.4 Å². The Bertz CT molecular complexity index is 3430. The number of fused-ring (bicyclic) bond motifs is 15. The van der Waals surface area contributed by atoms with Crippen LogP contribution in [0.5, 0.6) is 0 Å². The Labute approximate surface area is 370 Å². The summed E-state index contributed by atoms with van der Waals surface area (Å²) in [6, 6.07) is 47.8. The van der Waals surface area contributed by atoms with Crippen LogP contribution in [0.2, 0.25) is 0 Å². The summed E-state index contributed by atoms with van der Waals surface area (Å²) in [5, 5.41) is 4.57. The van der Waals surface area contributed by atoms with Crippen LogP contribution in [0.25, 0.3) is 66.1 Å². The summed E-state index contributed by atoms with van der Waals surface area (Å²) in [7, 11) is 0. The third kappa shape index (κ3) is 4.78. The summed E-state index contributed by atoms with van der Waals surface area (Å²) >= 11 is 0. The Balaban J connectivity index is 1.25. The molecule has 0 N–H and O–H groups in total. The predicted molar refractivity (Wildman–Crippen MR) is 266 cm³/mol. The average molecular weight is 821 g/mol. The molecule has 0 bridgehead atoms. The highest BCUT2D eigenvalue weighted by Crippen LogP contribution is 2.64. The highest BCUT2D eigenvalue weighted by atomic mass is 16.3. The summed E-state index contributed by atoms with van der Waals surface area (Å²) in [4.78, 5) is 5.53. The molecule has 9 aromatic rings. The third-order valence-corrected chi connectivity index (χ3v) is 16.1. The molecular weight excluding hydrogens is 767 g/mol. The molecule has 5 heteroatoms. The smallest absolute Gasteiger partial charge is 0.329 e. The maximum absolute atomic E-state index is 7.20. The van der Waals surface area contributed by atoms with E-state index in [9.17, 15) is 0 Å². The Morgan fingerprint density at radius 2 is 1.21 bits per heavy atom. The molecule has 1 saturated carbocycles. The van der Waals surface area contributed by atoms with Crippen LogP contribution in [0.3, 0.4) is 0 Å². The topological polar surface area (TPSA) is 32.8 Å². The van der Waals surface area contributed by atoms with Crippen LogP contribution >= 0.6 is 0 Å². The fourth-order valence-electron chi connectivity index (χ4n) is 12.6. The monoisotopic (exact) mass is 820 g/mol. The summed E-state index contributed by atoms with van der Waals surface area (Å²) < 4.78 is 14.4. The number of nitrogens with zero attached hydrogens (tertiary/aromatic N) is 2. The molecule has 0 spiro atoms. The maximum Gasteiger partial charge on any atom is 0.329 e. The Morgan fingerprint density at radius 1 is 0.556 bits per heavy atom. The van der Waals surface area contributed by atoms with Gasteiger partial charge in [-0.3, -0.25) is 0 Å². The third-order valence-electron chi connectivity index (χ3n) is 16.1. The molecule has 63 heavy (non-hydrogen) atoms. The molecule has 0 saturated heterocycles. The number of para-hydroxylation sites is 2. The molecule has 2 atom stereocenters. The Hall–Kier alpha value is -6.20. The van der Waals surface area contributed by atoms with Gasteiger partial charge in [0, 0.05) is 60.6 Å². The van der Waals surface area contributed by atoms with Crippen molar-refractivity contribution in [2.24, 2.45) is 0 Å². The second-order valence-electron chi connectivity index (χ2n) is 21.6. The van der Waals surface area contributed by atoms with Gasteiger partial charge in [-0.2, -0.15) is 0 Å². The lowest BCUT2D eigenvalue weighted by Crippen LogP contribution is -2.70. The minimum absolute atomic E-state index is 0.0449. The number of hydrogen-bond acceptors (Lipinski definition) is 4. The van der Waals surface area contributed by atoms with E-state index in [2.05, 4.69) is 192 Å². The molecule has 1 fully saturated rings. The second-order valence-corrected chi connectivity index (χ2v) is 21.6. The van der Waals surface area contributed by atoms with Crippen molar-refractivity contribution < 1.29 is 8.83 Å². The molecule has 5 heterocycles. The van der Waals surface area contributed by atoms with E-state index < -0.39 is 0 Å². The van der Waals surface area contributed by atoms with Gasteiger partial charge in [-0.05, 0) is 100 Å². The van der Waals surface area contributed by atoms with E-state index in [0.29, 0.717) is 0 Å². The first kappa shape index (κ1) is 37.4. The summed E-state index contributed by atoms with van der Waals surface area (Å²) in [5.74, 6) is 0. The highest BCUT2D eigenvalue weighted by Gasteiger charge is 2.63. The number of hydrogen-bond donors (Lipinski definition) is 0. The molecule has 7 aromatic carbocycles. The molecule has 2 aromatic heterocycles. The van der Waals surface area contributed by atoms with E-state index in [1.54, 1.807) is 0 Å². The van der Waals surface area contributed by atoms with Gasteiger partial charge in [0.25, 0.3) is 0 Å². The molecule has 1 aliphatic carbocycles. The minimum atomic E-state index is -0.132. The number of anilines is 4. The number of furan rings is 2. The fraction of sp³-hybridized carbons (Fsp3) is 0.276. The largest absolute Gasteiger partial charge is 0.455 e. The molecule has 3 aliphatic heterocycles. The van der Waals surface area contributed by atoms with Gasteiger partial charge in [0.15, 0.2) is 5.58 Å². The normalized spacial score (nSPS) is 20.2. The lowest BCUT2D eigenvalue weighted by molar-refractivity contribution is 0.199. The van der Waals surface area contributed by atoms with Gasteiger partial charge < -0.3 is 18.5 Å². The predicted octanol–water partition coefficient (Wildman–Crippen LogP) is 14.7. The van der Waals surface area contributed by atoms with Crippen LogP contribution in [0.1, 0.15) is 97.8 Å². The van der Waals surface area contributed by atoms with Gasteiger partial charge in [0.1, 0.15) is 16.7 Å². The van der Waals surface area contributed by atoms with Gasteiger partial charge in [0.05, 0.1) is 11.4 Å². The molecular formula is C58H53BN2O2. The van der Waals surface area contributed by atoms with Crippen molar-refractivity contribution in [1.82, 2.24) is 0 Å². The van der Waals surface area contributed by atoms with E-state index in [1.807, 2.05) is 0 Å². The van der Waals surface area contributed by atoms with Crippen molar-refractivity contribution in [2.75, 3.05) is 9.71 Å². The molecule has 0 radical (unpaired) electrons. The molecule has 4 nitrogen and oxygen atoms in total. The summed E-state index contributed by atoms with van der Waals surface area (Å²) in [6.07, 6.45) is 4.75.